The Hall–Kier alpha value is -2.64. The van der Waals surface area contributed by atoms with Crippen LogP contribution in [0.4, 0.5) is 5.82 Å². The van der Waals surface area contributed by atoms with Crippen LogP contribution in [0.3, 0.4) is 0 Å². The molecule has 100 valence electrons. The van der Waals surface area contributed by atoms with E-state index in [1.54, 1.807) is 30.5 Å². The fourth-order valence-corrected chi connectivity index (χ4v) is 1.67. The van der Waals surface area contributed by atoms with Crippen molar-refractivity contribution in [3.05, 3.63) is 59.3 Å². The number of benzene rings is 1. The van der Waals surface area contributed by atoms with Gasteiger partial charge in [-0.05, 0) is 36.8 Å². The molecule has 0 bridgehead atoms. The minimum Gasteiger partial charge on any atom is -0.320 e. The summed E-state index contributed by atoms with van der Waals surface area (Å²) < 4.78 is 0. The van der Waals surface area contributed by atoms with Crippen LogP contribution in [-0.2, 0) is 0 Å². The van der Waals surface area contributed by atoms with Gasteiger partial charge in [0.05, 0.1) is 6.54 Å². The molecule has 2 aromatic rings. The molecule has 0 aliphatic heterocycles. The summed E-state index contributed by atoms with van der Waals surface area (Å²) in [5.41, 5.74) is 7.73. The van der Waals surface area contributed by atoms with Crippen LogP contribution in [0.15, 0.2) is 42.6 Å². The number of nitrogens with two attached hydrogens (primary N) is 1. The van der Waals surface area contributed by atoms with Crippen molar-refractivity contribution < 1.29 is 4.79 Å². The van der Waals surface area contributed by atoms with Gasteiger partial charge >= 0.3 is 0 Å². The van der Waals surface area contributed by atoms with Gasteiger partial charge in [0, 0.05) is 17.3 Å². The summed E-state index contributed by atoms with van der Waals surface area (Å²) in [6.45, 7) is 2.24. The van der Waals surface area contributed by atoms with Crippen LogP contribution in [0, 0.1) is 18.8 Å². The van der Waals surface area contributed by atoms with Crippen molar-refractivity contribution in [1.29, 1.82) is 0 Å². The molecule has 1 aromatic carbocycles. The Morgan fingerprint density at radius 1 is 1.35 bits per heavy atom. The van der Waals surface area contributed by atoms with E-state index in [2.05, 4.69) is 22.1 Å². The second-order valence-electron chi connectivity index (χ2n) is 4.20. The predicted molar refractivity (Wildman–Crippen MR) is 79.3 cm³/mol. The van der Waals surface area contributed by atoms with E-state index < -0.39 is 0 Å². The Labute approximate surface area is 118 Å². The van der Waals surface area contributed by atoms with Gasteiger partial charge in [-0.25, -0.2) is 4.98 Å². The molecule has 3 N–H and O–H groups in total. The zero-order chi connectivity index (χ0) is 14.4. The molecule has 2 rings (SSSR count). The summed E-state index contributed by atoms with van der Waals surface area (Å²) >= 11 is 0. The molecule has 0 aliphatic carbocycles. The highest BCUT2D eigenvalue weighted by molar-refractivity contribution is 6.04. The Balaban J connectivity index is 2.22. The van der Waals surface area contributed by atoms with Gasteiger partial charge in [-0.2, -0.15) is 0 Å². The quantitative estimate of drug-likeness (QED) is 0.815. The number of nitrogens with one attached hydrogen (secondary N) is 1. The van der Waals surface area contributed by atoms with E-state index in [0.717, 1.165) is 11.1 Å². The lowest BCUT2D eigenvalue weighted by molar-refractivity contribution is 0.102. The molecule has 1 amide bonds. The number of carbonyl (C=O) groups excluding carboxylic acids is 1. The smallest absolute Gasteiger partial charge is 0.256 e. The number of anilines is 1. The lowest BCUT2D eigenvalue weighted by atomic mass is 10.0. The molecule has 0 saturated carbocycles. The van der Waals surface area contributed by atoms with Gasteiger partial charge < -0.3 is 11.1 Å². The molecular formula is C16H15N3O. The van der Waals surface area contributed by atoms with Crippen LogP contribution in [0.1, 0.15) is 21.5 Å². The van der Waals surface area contributed by atoms with Crippen molar-refractivity contribution in [2.45, 2.75) is 6.92 Å². The largest absolute Gasteiger partial charge is 0.320 e. The highest BCUT2D eigenvalue weighted by Gasteiger charge is 2.08. The van der Waals surface area contributed by atoms with Gasteiger partial charge in [-0.1, -0.05) is 24.0 Å². The van der Waals surface area contributed by atoms with Crippen LogP contribution < -0.4 is 11.1 Å². The summed E-state index contributed by atoms with van der Waals surface area (Å²) in [6, 6.07) is 10.7. The van der Waals surface area contributed by atoms with Gasteiger partial charge in [0.25, 0.3) is 5.91 Å². The summed E-state index contributed by atoms with van der Waals surface area (Å²) in [4.78, 5) is 16.2. The van der Waals surface area contributed by atoms with Crippen LogP contribution in [0.25, 0.3) is 0 Å². The normalized spacial score (nSPS) is 9.50. The molecule has 0 saturated heterocycles. The molecule has 0 unspecified atom stereocenters. The van der Waals surface area contributed by atoms with E-state index in [0.29, 0.717) is 17.9 Å². The second kappa shape index (κ2) is 6.50. The third-order valence-electron chi connectivity index (χ3n) is 2.73. The molecule has 1 aromatic heterocycles. The SMILES string of the molecule is Cc1ccc(C(=O)Nc2ccccn2)cc1C#CCN. The van der Waals surface area contributed by atoms with Crippen LogP contribution in [0.5, 0.6) is 0 Å². The molecule has 1 heterocycles. The highest BCUT2D eigenvalue weighted by Crippen LogP contribution is 2.12. The molecular weight excluding hydrogens is 250 g/mol. The first kappa shape index (κ1) is 13.8. The van der Waals surface area contributed by atoms with Gasteiger partial charge in [-0.15, -0.1) is 0 Å². The van der Waals surface area contributed by atoms with E-state index >= 15 is 0 Å². The summed E-state index contributed by atoms with van der Waals surface area (Å²) in [7, 11) is 0. The minimum absolute atomic E-state index is 0.209. The maximum Gasteiger partial charge on any atom is 0.256 e. The van der Waals surface area contributed by atoms with Gasteiger partial charge in [0.1, 0.15) is 5.82 Å². The molecule has 0 atom stereocenters. The highest BCUT2D eigenvalue weighted by atomic mass is 16.1. The van der Waals surface area contributed by atoms with Crippen molar-refractivity contribution >= 4 is 11.7 Å². The number of aromatic nitrogens is 1. The third-order valence-corrected chi connectivity index (χ3v) is 2.73. The summed E-state index contributed by atoms with van der Waals surface area (Å²) in [6.07, 6.45) is 1.63. The second-order valence-corrected chi connectivity index (χ2v) is 4.20. The Kier molecular flexibility index (Phi) is 4.48. The number of carbonyl (C=O) groups is 1. The number of amides is 1. The van der Waals surface area contributed by atoms with Crippen LogP contribution in [0.2, 0.25) is 0 Å². The lowest BCUT2D eigenvalue weighted by Gasteiger charge is -2.06. The van der Waals surface area contributed by atoms with Crippen molar-refractivity contribution in [3.63, 3.8) is 0 Å². The molecule has 4 nitrogen and oxygen atoms in total. The van der Waals surface area contributed by atoms with E-state index in [1.165, 1.54) is 0 Å². The zero-order valence-electron chi connectivity index (χ0n) is 11.2. The Bertz CT molecular complexity index is 669. The fourth-order valence-electron chi connectivity index (χ4n) is 1.67. The first-order valence-electron chi connectivity index (χ1n) is 6.22. The zero-order valence-corrected chi connectivity index (χ0v) is 11.2. The molecule has 0 radical (unpaired) electrons. The average molecular weight is 265 g/mol. The number of nitrogens with zero attached hydrogens (tertiary/aromatic N) is 1. The topological polar surface area (TPSA) is 68.0 Å². The van der Waals surface area contributed by atoms with E-state index in [-0.39, 0.29) is 5.91 Å². The van der Waals surface area contributed by atoms with E-state index in [4.69, 9.17) is 5.73 Å². The third kappa shape index (κ3) is 3.44. The lowest BCUT2D eigenvalue weighted by Crippen LogP contribution is -2.13. The molecule has 4 heteroatoms. The minimum atomic E-state index is -0.209. The standard InChI is InChI=1S/C16H15N3O/c1-12-7-8-14(11-13(12)5-4-9-17)16(20)19-15-6-2-3-10-18-15/h2-3,6-8,10-11H,9,17H2,1H3,(H,18,19,20). The number of aryl methyl sites for hydroxylation is 1. The number of rotatable bonds is 2. The molecule has 0 spiro atoms. The first-order valence-corrected chi connectivity index (χ1v) is 6.22. The van der Waals surface area contributed by atoms with Gasteiger partial charge in [-0.3, -0.25) is 4.79 Å². The predicted octanol–water partition coefficient (Wildman–Crippen LogP) is 1.95. The Morgan fingerprint density at radius 2 is 2.20 bits per heavy atom. The number of hydrogen-bond donors (Lipinski definition) is 2. The van der Waals surface area contributed by atoms with Crippen molar-refractivity contribution in [3.8, 4) is 11.8 Å². The van der Waals surface area contributed by atoms with Crippen molar-refractivity contribution in [1.82, 2.24) is 4.98 Å². The van der Waals surface area contributed by atoms with E-state index in [1.807, 2.05) is 19.1 Å². The summed E-state index contributed by atoms with van der Waals surface area (Å²) in [5.74, 6) is 6.07. The summed E-state index contributed by atoms with van der Waals surface area (Å²) in [5, 5.41) is 2.74. The molecule has 0 fully saturated rings. The van der Waals surface area contributed by atoms with Crippen molar-refractivity contribution in [2.75, 3.05) is 11.9 Å². The monoisotopic (exact) mass is 265 g/mol. The number of hydrogen-bond acceptors (Lipinski definition) is 3. The van der Waals surface area contributed by atoms with Gasteiger partial charge in [0.15, 0.2) is 0 Å². The van der Waals surface area contributed by atoms with Crippen molar-refractivity contribution in [2.24, 2.45) is 5.73 Å². The average Bonchev–Trinajstić information content (AvgIpc) is 2.47. The first-order chi connectivity index (χ1) is 9.70. The number of pyridine rings is 1. The maximum atomic E-state index is 12.1. The van der Waals surface area contributed by atoms with Crippen LogP contribution >= 0.6 is 0 Å². The maximum absolute atomic E-state index is 12.1. The fraction of sp³-hybridized carbons (Fsp3) is 0.125. The molecule has 20 heavy (non-hydrogen) atoms. The van der Waals surface area contributed by atoms with Crippen LogP contribution in [-0.4, -0.2) is 17.4 Å². The van der Waals surface area contributed by atoms with E-state index in [9.17, 15) is 4.79 Å². The van der Waals surface area contributed by atoms with Gasteiger partial charge in [0.2, 0.25) is 0 Å². The Morgan fingerprint density at radius 3 is 2.90 bits per heavy atom. The molecule has 0 aliphatic rings.